The van der Waals surface area contributed by atoms with Crippen LogP contribution in [0.4, 0.5) is 5.13 Å². The summed E-state index contributed by atoms with van der Waals surface area (Å²) in [6, 6.07) is 8.54. The molecular weight excluding hydrogens is 366 g/mol. The molecule has 5 N–H and O–H groups in total. The fourth-order valence-corrected chi connectivity index (χ4v) is 3.03. The number of nitrogens with two attached hydrogens (primary N) is 1. The lowest BCUT2D eigenvalue weighted by Crippen LogP contribution is -2.19. The number of aromatic amines is 1. The number of anilines is 1. The normalized spacial score (nSPS) is 10.4. The van der Waals surface area contributed by atoms with Crippen molar-refractivity contribution in [2.45, 2.75) is 13.5 Å². The van der Waals surface area contributed by atoms with Crippen LogP contribution in [0.25, 0.3) is 11.3 Å². The molecule has 0 saturated heterocycles. The summed E-state index contributed by atoms with van der Waals surface area (Å²) in [5, 5.41) is 7.66. The Morgan fingerprint density at radius 2 is 1.96 bits per heavy atom. The Labute approximate surface area is 158 Å². The van der Waals surface area contributed by atoms with Gasteiger partial charge < -0.3 is 16.0 Å². The first-order chi connectivity index (χ1) is 12.9. The minimum Gasteiger partial charge on any atom is -0.364 e. The van der Waals surface area contributed by atoms with Gasteiger partial charge >= 0.3 is 0 Å². The molecule has 3 amide bonds. The first-order valence-corrected chi connectivity index (χ1v) is 8.89. The van der Waals surface area contributed by atoms with Crippen molar-refractivity contribution in [3.63, 3.8) is 0 Å². The highest BCUT2D eigenvalue weighted by atomic mass is 32.1. The number of H-pyrrole nitrogens is 1. The molecule has 0 bridgehead atoms. The van der Waals surface area contributed by atoms with E-state index in [-0.39, 0.29) is 11.8 Å². The number of carbonyl (C=O) groups is 3. The van der Waals surface area contributed by atoms with Gasteiger partial charge in [-0.2, -0.15) is 0 Å². The number of amides is 3. The highest BCUT2D eigenvalue weighted by molar-refractivity contribution is 7.14. The molecule has 2 heterocycles. The summed E-state index contributed by atoms with van der Waals surface area (Å²) in [7, 11) is 0. The predicted octanol–water partition coefficient (Wildman–Crippen LogP) is 2.13. The molecule has 0 fully saturated rings. The van der Waals surface area contributed by atoms with Crippen molar-refractivity contribution in [1.29, 1.82) is 0 Å². The van der Waals surface area contributed by atoms with E-state index in [0.29, 0.717) is 34.2 Å². The summed E-state index contributed by atoms with van der Waals surface area (Å²) in [5.41, 5.74) is 8.24. The number of hydrogen-bond donors (Lipinski definition) is 4. The SMILES string of the molecule is CC(=O)NCc1ccc(C(=O)Nc2nc(-c3c[nH]c(C(N)=O)c3)cs2)cc1. The third kappa shape index (κ3) is 4.59. The number of nitrogens with one attached hydrogen (secondary N) is 3. The first kappa shape index (κ1) is 18.3. The zero-order valence-electron chi connectivity index (χ0n) is 14.4. The molecule has 2 aromatic heterocycles. The van der Waals surface area contributed by atoms with Gasteiger partial charge in [0.15, 0.2) is 5.13 Å². The molecule has 0 aliphatic heterocycles. The van der Waals surface area contributed by atoms with Gasteiger partial charge in [0.05, 0.1) is 5.69 Å². The summed E-state index contributed by atoms with van der Waals surface area (Å²) in [6.45, 7) is 1.86. The zero-order valence-corrected chi connectivity index (χ0v) is 15.2. The van der Waals surface area contributed by atoms with Crippen LogP contribution < -0.4 is 16.4 Å². The summed E-state index contributed by atoms with van der Waals surface area (Å²) < 4.78 is 0. The molecule has 9 heteroatoms. The number of carbonyl (C=O) groups excluding carboxylic acids is 3. The number of nitrogens with zero attached hydrogens (tertiary/aromatic N) is 1. The smallest absolute Gasteiger partial charge is 0.265 e. The average Bonchev–Trinajstić information content (AvgIpc) is 3.29. The van der Waals surface area contributed by atoms with E-state index in [1.807, 2.05) is 0 Å². The Kier molecular flexibility index (Phi) is 5.32. The molecule has 0 aliphatic rings. The monoisotopic (exact) mass is 383 g/mol. The molecule has 8 nitrogen and oxygen atoms in total. The van der Waals surface area contributed by atoms with Gasteiger partial charge in [-0.25, -0.2) is 4.98 Å². The maximum absolute atomic E-state index is 12.3. The third-order valence-corrected chi connectivity index (χ3v) is 4.48. The number of primary amides is 1. The van der Waals surface area contributed by atoms with Crippen LogP contribution in [-0.2, 0) is 11.3 Å². The van der Waals surface area contributed by atoms with Gasteiger partial charge in [-0.3, -0.25) is 19.7 Å². The third-order valence-electron chi connectivity index (χ3n) is 3.73. The van der Waals surface area contributed by atoms with Gasteiger partial charge in [0.25, 0.3) is 11.8 Å². The fraction of sp³-hybridized carbons (Fsp3) is 0.111. The van der Waals surface area contributed by atoms with Gasteiger partial charge in [-0.05, 0) is 23.8 Å². The van der Waals surface area contributed by atoms with Crippen LogP contribution in [0.15, 0.2) is 41.9 Å². The Balaban J connectivity index is 1.65. The second-order valence-electron chi connectivity index (χ2n) is 5.76. The highest BCUT2D eigenvalue weighted by Crippen LogP contribution is 2.25. The number of hydrogen-bond acceptors (Lipinski definition) is 5. The first-order valence-electron chi connectivity index (χ1n) is 8.01. The Morgan fingerprint density at radius 1 is 1.22 bits per heavy atom. The molecule has 0 saturated carbocycles. The lowest BCUT2D eigenvalue weighted by molar-refractivity contribution is -0.119. The Hall–Kier alpha value is -3.46. The van der Waals surface area contributed by atoms with Crippen molar-refractivity contribution in [2.75, 3.05) is 5.32 Å². The maximum Gasteiger partial charge on any atom is 0.265 e. The molecule has 3 rings (SSSR count). The molecule has 1 aromatic carbocycles. The van der Waals surface area contributed by atoms with E-state index < -0.39 is 5.91 Å². The zero-order chi connectivity index (χ0) is 19.4. The summed E-state index contributed by atoms with van der Waals surface area (Å²) >= 11 is 1.28. The van der Waals surface area contributed by atoms with E-state index in [2.05, 4.69) is 20.6 Å². The van der Waals surface area contributed by atoms with Gasteiger partial charge in [0.2, 0.25) is 5.91 Å². The number of thiazole rings is 1. The standard InChI is InChI=1S/C18H17N5O3S/c1-10(24)20-7-11-2-4-12(5-3-11)17(26)23-18-22-15(9-27-18)13-6-14(16(19)25)21-8-13/h2-6,8-9,21H,7H2,1H3,(H2,19,25)(H,20,24)(H,22,23,26). The van der Waals surface area contributed by atoms with Gasteiger partial charge in [-0.1, -0.05) is 12.1 Å². The molecule has 3 aromatic rings. The van der Waals surface area contributed by atoms with Crippen molar-refractivity contribution in [3.05, 3.63) is 58.7 Å². The van der Waals surface area contributed by atoms with Gasteiger partial charge in [0, 0.05) is 36.2 Å². The van der Waals surface area contributed by atoms with Crippen LogP contribution in [0.3, 0.4) is 0 Å². The molecular formula is C18H17N5O3S. The molecule has 0 aliphatic carbocycles. The fourth-order valence-electron chi connectivity index (χ4n) is 2.32. The van der Waals surface area contributed by atoms with Crippen molar-refractivity contribution in [1.82, 2.24) is 15.3 Å². The van der Waals surface area contributed by atoms with Crippen molar-refractivity contribution >= 4 is 34.2 Å². The van der Waals surface area contributed by atoms with Crippen LogP contribution in [0.5, 0.6) is 0 Å². The van der Waals surface area contributed by atoms with E-state index in [9.17, 15) is 14.4 Å². The van der Waals surface area contributed by atoms with Gasteiger partial charge in [0.1, 0.15) is 5.69 Å². The van der Waals surface area contributed by atoms with Crippen LogP contribution in [-0.4, -0.2) is 27.7 Å². The van der Waals surface area contributed by atoms with Crippen LogP contribution >= 0.6 is 11.3 Å². The number of rotatable bonds is 6. The highest BCUT2D eigenvalue weighted by Gasteiger charge is 2.12. The minimum atomic E-state index is -0.549. The molecule has 27 heavy (non-hydrogen) atoms. The summed E-state index contributed by atoms with van der Waals surface area (Å²) in [6.07, 6.45) is 1.63. The van der Waals surface area contributed by atoms with Crippen LogP contribution in [0.1, 0.15) is 33.3 Å². The molecule has 0 unspecified atom stereocenters. The predicted molar refractivity (Wildman–Crippen MR) is 102 cm³/mol. The topological polar surface area (TPSA) is 130 Å². The van der Waals surface area contributed by atoms with E-state index in [1.54, 1.807) is 41.9 Å². The maximum atomic E-state index is 12.3. The molecule has 138 valence electrons. The van der Waals surface area contributed by atoms with E-state index in [0.717, 1.165) is 5.56 Å². The van der Waals surface area contributed by atoms with E-state index in [4.69, 9.17) is 5.73 Å². The van der Waals surface area contributed by atoms with E-state index in [1.165, 1.54) is 18.3 Å². The van der Waals surface area contributed by atoms with Crippen molar-refractivity contribution in [3.8, 4) is 11.3 Å². The number of benzene rings is 1. The van der Waals surface area contributed by atoms with Crippen molar-refractivity contribution in [2.24, 2.45) is 5.73 Å². The second-order valence-corrected chi connectivity index (χ2v) is 6.62. The minimum absolute atomic E-state index is 0.109. The molecule has 0 spiro atoms. The Morgan fingerprint density at radius 3 is 2.59 bits per heavy atom. The average molecular weight is 383 g/mol. The van der Waals surface area contributed by atoms with Crippen molar-refractivity contribution < 1.29 is 14.4 Å². The van der Waals surface area contributed by atoms with Crippen LogP contribution in [0.2, 0.25) is 0 Å². The summed E-state index contributed by atoms with van der Waals surface area (Å²) in [4.78, 5) is 41.6. The molecule has 0 radical (unpaired) electrons. The van der Waals surface area contributed by atoms with E-state index >= 15 is 0 Å². The van der Waals surface area contributed by atoms with Crippen LogP contribution in [0, 0.1) is 0 Å². The lowest BCUT2D eigenvalue weighted by Gasteiger charge is -2.05. The second kappa shape index (κ2) is 7.83. The largest absolute Gasteiger partial charge is 0.364 e. The van der Waals surface area contributed by atoms with Gasteiger partial charge in [-0.15, -0.1) is 11.3 Å². The quantitative estimate of drug-likeness (QED) is 0.519. The summed E-state index contributed by atoms with van der Waals surface area (Å²) in [5.74, 6) is -0.942. The number of aromatic nitrogens is 2. The Bertz CT molecular complexity index is 991. The molecule has 0 atom stereocenters. The lowest BCUT2D eigenvalue weighted by atomic mass is 10.1.